The minimum Gasteiger partial charge on any atom is -0.318 e. The average Bonchev–Trinajstić information content (AvgIpc) is 2.32. The molecule has 1 unspecified atom stereocenters. The van der Waals surface area contributed by atoms with E-state index in [-0.39, 0.29) is 0 Å². The van der Waals surface area contributed by atoms with Gasteiger partial charge in [-0.3, -0.25) is 0 Å². The zero-order valence-electron chi connectivity index (χ0n) is 5.18. The molecular weight excluding hydrogens is 122 g/mol. The van der Waals surface area contributed by atoms with Crippen molar-refractivity contribution < 1.29 is 0 Å². The second-order valence-corrected chi connectivity index (χ2v) is 3.51. The van der Waals surface area contributed by atoms with Crippen LogP contribution in [0, 0.1) is 0 Å². The van der Waals surface area contributed by atoms with Crippen LogP contribution in [0.15, 0.2) is 12.3 Å². The van der Waals surface area contributed by atoms with Gasteiger partial charge >= 0.3 is 0 Å². The molecule has 4 bridgehead atoms. The SMILES string of the molecule is c1c2n3cc4c5c3c1=C5C42. The van der Waals surface area contributed by atoms with E-state index < -0.39 is 0 Å². The predicted octanol–water partition coefficient (Wildman–Crippen LogP) is 0.629. The topological polar surface area (TPSA) is 4.41 Å². The first-order valence-corrected chi connectivity index (χ1v) is 3.69. The van der Waals surface area contributed by atoms with Crippen molar-refractivity contribution in [3.63, 3.8) is 0 Å². The van der Waals surface area contributed by atoms with E-state index in [0.717, 1.165) is 5.92 Å². The first-order valence-electron chi connectivity index (χ1n) is 3.69. The number of rotatable bonds is 0. The van der Waals surface area contributed by atoms with Gasteiger partial charge < -0.3 is 4.40 Å². The standard InChI is InChI=1S/C9H3N/c1-3-7-6-4-2-10(5(1)6)9(3)8(4)7/h1-2,6H. The Morgan fingerprint density at radius 2 is 2.40 bits per heavy atom. The van der Waals surface area contributed by atoms with Crippen molar-refractivity contribution in [2.45, 2.75) is 5.92 Å². The summed E-state index contributed by atoms with van der Waals surface area (Å²) < 4.78 is 2.37. The maximum Gasteiger partial charge on any atom is 0.0608 e. The molecule has 6 rings (SSSR count). The third kappa shape index (κ3) is 0.103. The number of aromatic nitrogens is 1. The van der Waals surface area contributed by atoms with Gasteiger partial charge in [0.15, 0.2) is 0 Å². The Labute approximate surface area is 56.6 Å². The molecule has 3 heterocycles. The van der Waals surface area contributed by atoms with Crippen molar-refractivity contribution in [1.82, 2.24) is 4.40 Å². The van der Waals surface area contributed by atoms with Crippen LogP contribution in [0.5, 0.6) is 0 Å². The number of hydrogen-bond acceptors (Lipinski definition) is 0. The van der Waals surface area contributed by atoms with Crippen molar-refractivity contribution in [3.8, 4) is 0 Å². The third-order valence-corrected chi connectivity index (χ3v) is 3.32. The molecule has 10 heavy (non-hydrogen) atoms. The van der Waals surface area contributed by atoms with Crippen LogP contribution in [0.1, 0.15) is 22.7 Å². The summed E-state index contributed by atoms with van der Waals surface area (Å²) in [6.45, 7) is 0. The van der Waals surface area contributed by atoms with Gasteiger partial charge in [-0.2, -0.15) is 0 Å². The summed E-state index contributed by atoms with van der Waals surface area (Å²) in [5, 5.41) is 1.56. The van der Waals surface area contributed by atoms with Gasteiger partial charge in [-0.25, -0.2) is 0 Å². The van der Waals surface area contributed by atoms with E-state index in [1.54, 1.807) is 27.6 Å². The first-order chi connectivity index (χ1) is 4.97. The molecule has 0 spiro atoms. The minimum absolute atomic E-state index is 0.766. The lowest BCUT2D eigenvalue weighted by Crippen LogP contribution is -2.28. The Morgan fingerprint density at radius 1 is 1.40 bits per heavy atom. The van der Waals surface area contributed by atoms with E-state index in [0.29, 0.717) is 0 Å². The third-order valence-electron chi connectivity index (χ3n) is 3.32. The fraction of sp³-hybridized carbons (Fsp3) is 0.111. The molecular formula is C9H3N. The molecule has 0 N–H and O–H groups in total. The van der Waals surface area contributed by atoms with E-state index in [1.807, 2.05) is 0 Å². The Kier molecular flexibility index (Phi) is 0.187. The molecule has 0 amide bonds. The molecule has 0 fully saturated rings. The van der Waals surface area contributed by atoms with E-state index >= 15 is 0 Å². The fourth-order valence-corrected chi connectivity index (χ4v) is 2.97. The van der Waals surface area contributed by atoms with E-state index in [2.05, 4.69) is 16.7 Å². The summed E-state index contributed by atoms with van der Waals surface area (Å²) in [5.74, 6) is 0.766. The summed E-state index contributed by atoms with van der Waals surface area (Å²) in [6.07, 6.45) is 2.31. The summed E-state index contributed by atoms with van der Waals surface area (Å²) in [7, 11) is 0. The molecule has 1 aliphatic heterocycles. The Morgan fingerprint density at radius 3 is 3.10 bits per heavy atom. The van der Waals surface area contributed by atoms with Crippen LogP contribution < -0.4 is 5.22 Å². The number of nitrogens with zero attached hydrogens (tertiary/aromatic N) is 1. The maximum atomic E-state index is 2.37. The summed E-state index contributed by atoms with van der Waals surface area (Å²) in [6, 6.07) is 2.36. The molecule has 1 nitrogen and oxygen atoms in total. The summed E-state index contributed by atoms with van der Waals surface area (Å²) >= 11 is 0. The van der Waals surface area contributed by atoms with Gasteiger partial charge in [-0.15, -0.1) is 0 Å². The van der Waals surface area contributed by atoms with Crippen LogP contribution in [0.3, 0.4) is 0 Å². The highest BCUT2D eigenvalue weighted by molar-refractivity contribution is 6.08. The van der Waals surface area contributed by atoms with Gasteiger partial charge in [0, 0.05) is 22.7 Å². The summed E-state index contributed by atoms with van der Waals surface area (Å²) in [4.78, 5) is 0. The highest BCUT2D eigenvalue weighted by Crippen LogP contribution is 2.60. The van der Waals surface area contributed by atoms with Gasteiger partial charge in [-0.05, 0) is 17.2 Å². The molecule has 3 aliphatic carbocycles. The largest absolute Gasteiger partial charge is 0.318 e. The van der Waals surface area contributed by atoms with E-state index in [9.17, 15) is 0 Å². The molecule has 0 aromatic carbocycles. The average molecular weight is 125 g/mol. The van der Waals surface area contributed by atoms with Crippen molar-refractivity contribution in [3.05, 3.63) is 34.3 Å². The molecule has 0 saturated heterocycles. The van der Waals surface area contributed by atoms with Crippen LogP contribution in [-0.2, 0) is 0 Å². The van der Waals surface area contributed by atoms with Gasteiger partial charge in [0.1, 0.15) is 0 Å². The second-order valence-electron chi connectivity index (χ2n) is 3.51. The van der Waals surface area contributed by atoms with Crippen LogP contribution in [-0.4, -0.2) is 4.40 Å². The minimum atomic E-state index is 0.766. The Balaban J connectivity index is 2.69. The first kappa shape index (κ1) is 3.24. The van der Waals surface area contributed by atoms with Crippen molar-refractivity contribution in [2.24, 2.45) is 0 Å². The highest BCUT2D eigenvalue weighted by Gasteiger charge is 2.51. The Hall–Kier alpha value is -1.24. The molecule has 1 atom stereocenters. The van der Waals surface area contributed by atoms with Crippen LogP contribution in [0.2, 0.25) is 0 Å². The monoisotopic (exact) mass is 125 g/mol. The van der Waals surface area contributed by atoms with Gasteiger partial charge in [0.25, 0.3) is 0 Å². The summed E-state index contributed by atoms with van der Waals surface area (Å²) in [5.41, 5.74) is 7.97. The zero-order valence-corrected chi connectivity index (χ0v) is 5.18. The lowest BCUT2D eigenvalue weighted by Gasteiger charge is -2.33. The molecule has 0 radical (unpaired) electrons. The molecule has 4 aliphatic rings. The molecule has 44 valence electrons. The van der Waals surface area contributed by atoms with Crippen LogP contribution in [0.25, 0.3) is 11.1 Å². The zero-order chi connectivity index (χ0) is 6.03. The maximum absolute atomic E-state index is 2.37. The fourth-order valence-electron chi connectivity index (χ4n) is 2.97. The highest BCUT2D eigenvalue weighted by atomic mass is 15.0. The normalized spacial score (nSPS) is 26.8. The van der Waals surface area contributed by atoms with Crippen molar-refractivity contribution in [1.29, 1.82) is 0 Å². The van der Waals surface area contributed by atoms with Gasteiger partial charge in [0.2, 0.25) is 0 Å². The van der Waals surface area contributed by atoms with Crippen LogP contribution in [0.4, 0.5) is 0 Å². The second kappa shape index (κ2) is 0.578. The molecule has 1 heteroatoms. The van der Waals surface area contributed by atoms with E-state index in [4.69, 9.17) is 0 Å². The molecule has 2 aromatic rings. The lowest BCUT2D eigenvalue weighted by molar-refractivity contribution is 0.944. The predicted molar refractivity (Wildman–Crippen MR) is 37.0 cm³/mol. The van der Waals surface area contributed by atoms with Gasteiger partial charge in [0.05, 0.1) is 11.4 Å². The van der Waals surface area contributed by atoms with Gasteiger partial charge in [-0.1, -0.05) is 0 Å². The molecule has 0 saturated carbocycles. The van der Waals surface area contributed by atoms with Crippen molar-refractivity contribution in [2.75, 3.05) is 0 Å². The Bertz CT molecular complexity index is 586. The molecule has 2 aromatic heterocycles. The lowest BCUT2D eigenvalue weighted by atomic mass is 9.70. The quantitative estimate of drug-likeness (QED) is 0.486. The van der Waals surface area contributed by atoms with Crippen molar-refractivity contribution >= 4 is 11.1 Å². The number of hydrogen-bond donors (Lipinski definition) is 0. The van der Waals surface area contributed by atoms with E-state index in [1.165, 1.54) is 5.52 Å². The van der Waals surface area contributed by atoms with Crippen LogP contribution >= 0.6 is 0 Å². The smallest absolute Gasteiger partial charge is 0.0608 e.